The molecule has 0 radical (unpaired) electrons. The Bertz CT molecular complexity index is 929. The molecule has 5 nitrogen and oxygen atoms in total. The van der Waals surface area contributed by atoms with Crippen LogP contribution in [0.15, 0.2) is 78.9 Å². The number of nitrogens with zero attached hydrogens (tertiary/aromatic N) is 1. The Balaban J connectivity index is 1.49. The Kier molecular flexibility index (Phi) is 8.88. The number of rotatable bonds is 10. The van der Waals surface area contributed by atoms with Crippen LogP contribution < -0.4 is 20.3 Å². The maximum Gasteiger partial charge on any atom is 0.323 e. The molecule has 7 heteroatoms. The van der Waals surface area contributed by atoms with Crippen molar-refractivity contribution in [1.29, 1.82) is 0 Å². The van der Waals surface area contributed by atoms with Crippen molar-refractivity contribution in [2.24, 2.45) is 0 Å². The summed E-state index contributed by atoms with van der Waals surface area (Å²) in [5.41, 5.74) is 3.49. The zero-order chi connectivity index (χ0) is 21.9. The normalized spacial score (nSPS) is 10.4. The standard InChI is InChI=1S/C24H25Cl2N3O2/c25-14-16-29(17-15-26)22-10-6-20(7-11-22)27-24(30)28-21-8-12-23(13-9-21)31-18-19-4-2-1-3-5-19/h1-13H,14-18H2,(H2,27,28,30). The van der Waals surface area contributed by atoms with Gasteiger partial charge in [0.15, 0.2) is 0 Å². The number of ether oxygens (including phenoxy) is 1. The molecular formula is C24H25Cl2N3O2. The number of urea groups is 1. The zero-order valence-corrected chi connectivity index (χ0v) is 18.6. The van der Waals surface area contributed by atoms with E-state index in [-0.39, 0.29) is 6.03 Å². The molecule has 2 amide bonds. The molecule has 0 saturated carbocycles. The molecule has 3 rings (SSSR count). The van der Waals surface area contributed by atoms with Crippen LogP contribution in [0.1, 0.15) is 5.56 Å². The first kappa shape index (κ1) is 22.8. The van der Waals surface area contributed by atoms with Crippen LogP contribution in [0.2, 0.25) is 0 Å². The summed E-state index contributed by atoms with van der Waals surface area (Å²) in [6.45, 7) is 1.93. The highest BCUT2D eigenvalue weighted by atomic mass is 35.5. The Morgan fingerprint density at radius 1 is 0.774 bits per heavy atom. The van der Waals surface area contributed by atoms with Gasteiger partial charge in [0.25, 0.3) is 0 Å². The van der Waals surface area contributed by atoms with Gasteiger partial charge in [0, 0.05) is 41.9 Å². The second-order valence-corrected chi connectivity index (χ2v) is 7.55. The Labute approximate surface area is 192 Å². The van der Waals surface area contributed by atoms with E-state index in [2.05, 4.69) is 15.5 Å². The number of anilines is 3. The number of hydrogen-bond acceptors (Lipinski definition) is 3. The van der Waals surface area contributed by atoms with Crippen LogP contribution in [0.4, 0.5) is 21.9 Å². The minimum Gasteiger partial charge on any atom is -0.489 e. The molecule has 2 N–H and O–H groups in total. The van der Waals surface area contributed by atoms with E-state index >= 15 is 0 Å². The van der Waals surface area contributed by atoms with Crippen molar-refractivity contribution in [3.05, 3.63) is 84.4 Å². The van der Waals surface area contributed by atoms with Gasteiger partial charge in [0.05, 0.1) is 0 Å². The second kappa shape index (κ2) is 12.1. The van der Waals surface area contributed by atoms with Gasteiger partial charge in [0.2, 0.25) is 0 Å². The molecule has 0 unspecified atom stereocenters. The molecule has 0 aliphatic rings. The third-order valence-electron chi connectivity index (χ3n) is 4.56. The largest absolute Gasteiger partial charge is 0.489 e. The van der Waals surface area contributed by atoms with Crippen molar-refractivity contribution < 1.29 is 9.53 Å². The molecule has 0 bridgehead atoms. The first-order chi connectivity index (χ1) is 15.2. The maximum absolute atomic E-state index is 12.3. The molecule has 0 aliphatic carbocycles. The number of nitrogens with one attached hydrogen (secondary N) is 2. The van der Waals surface area contributed by atoms with E-state index in [0.29, 0.717) is 42.8 Å². The second-order valence-electron chi connectivity index (χ2n) is 6.79. The van der Waals surface area contributed by atoms with Crippen LogP contribution in [-0.4, -0.2) is 30.9 Å². The predicted octanol–water partition coefficient (Wildman–Crippen LogP) is 6.19. The molecule has 0 fully saturated rings. The minimum atomic E-state index is -0.316. The molecule has 162 valence electrons. The third-order valence-corrected chi connectivity index (χ3v) is 4.90. The molecule has 0 atom stereocenters. The highest BCUT2D eigenvalue weighted by molar-refractivity contribution is 6.18. The first-order valence-corrected chi connectivity index (χ1v) is 11.1. The van der Waals surface area contributed by atoms with Crippen molar-refractivity contribution in [2.45, 2.75) is 6.61 Å². The number of hydrogen-bond donors (Lipinski definition) is 2. The van der Waals surface area contributed by atoms with Crippen LogP contribution in [0.5, 0.6) is 5.75 Å². The summed E-state index contributed by atoms with van der Waals surface area (Å²) in [5, 5.41) is 5.65. The molecule has 3 aromatic carbocycles. The van der Waals surface area contributed by atoms with E-state index in [9.17, 15) is 4.79 Å². The van der Waals surface area contributed by atoms with Crippen molar-refractivity contribution in [3.8, 4) is 5.75 Å². The summed E-state index contributed by atoms with van der Waals surface area (Å²) in [4.78, 5) is 14.4. The van der Waals surface area contributed by atoms with E-state index in [1.54, 1.807) is 12.1 Å². The summed E-state index contributed by atoms with van der Waals surface area (Å²) in [7, 11) is 0. The van der Waals surface area contributed by atoms with Crippen LogP contribution in [0.3, 0.4) is 0 Å². The fourth-order valence-corrected chi connectivity index (χ4v) is 3.41. The van der Waals surface area contributed by atoms with Crippen LogP contribution in [0.25, 0.3) is 0 Å². The fraction of sp³-hybridized carbons (Fsp3) is 0.208. The lowest BCUT2D eigenvalue weighted by Gasteiger charge is -2.23. The van der Waals surface area contributed by atoms with Gasteiger partial charge in [0.1, 0.15) is 12.4 Å². The van der Waals surface area contributed by atoms with E-state index in [0.717, 1.165) is 17.0 Å². The predicted molar refractivity (Wildman–Crippen MR) is 130 cm³/mol. The highest BCUT2D eigenvalue weighted by Gasteiger charge is 2.07. The van der Waals surface area contributed by atoms with Gasteiger partial charge in [-0.25, -0.2) is 4.79 Å². The SMILES string of the molecule is O=C(Nc1ccc(OCc2ccccc2)cc1)Nc1ccc(N(CCCl)CCCl)cc1. The average molecular weight is 458 g/mol. The van der Waals surface area contributed by atoms with Gasteiger partial charge in [-0.2, -0.15) is 0 Å². The van der Waals surface area contributed by atoms with E-state index < -0.39 is 0 Å². The lowest BCUT2D eigenvalue weighted by Crippen LogP contribution is -2.27. The molecule has 0 heterocycles. The smallest absolute Gasteiger partial charge is 0.323 e. The van der Waals surface area contributed by atoms with Gasteiger partial charge >= 0.3 is 6.03 Å². The topological polar surface area (TPSA) is 53.6 Å². The summed E-state index contributed by atoms with van der Waals surface area (Å²) in [6.07, 6.45) is 0. The number of carbonyl (C=O) groups is 1. The average Bonchev–Trinajstić information content (AvgIpc) is 2.80. The molecule has 0 aliphatic heterocycles. The summed E-state index contributed by atoms with van der Waals surface area (Å²) >= 11 is 11.7. The van der Waals surface area contributed by atoms with Gasteiger partial charge in [-0.1, -0.05) is 30.3 Å². The molecule has 31 heavy (non-hydrogen) atoms. The van der Waals surface area contributed by atoms with Gasteiger partial charge < -0.3 is 20.3 Å². The summed E-state index contributed by atoms with van der Waals surface area (Å²) < 4.78 is 5.76. The Morgan fingerprint density at radius 3 is 1.87 bits per heavy atom. The Morgan fingerprint density at radius 2 is 1.32 bits per heavy atom. The van der Waals surface area contributed by atoms with Gasteiger partial charge in [-0.05, 0) is 54.1 Å². The van der Waals surface area contributed by atoms with E-state index in [1.807, 2.05) is 66.7 Å². The molecule has 0 aromatic heterocycles. The molecular weight excluding hydrogens is 433 g/mol. The maximum atomic E-state index is 12.3. The lowest BCUT2D eigenvalue weighted by molar-refractivity contribution is 0.262. The van der Waals surface area contributed by atoms with Crippen molar-refractivity contribution >= 4 is 46.3 Å². The highest BCUT2D eigenvalue weighted by Crippen LogP contribution is 2.20. The summed E-state index contributed by atoms with van der Waals surface area (Å²) in [5.74, 6) is 1.79. The van der Waals surface area contributed by atoms with Crippen molar-refractivity contribution in [3.63, 3.8) is 0 Å². The van der Waals surface area contributed by atoms with Gasteiger partial charge in [-0.15, -0.1) is 23.2 Å². The monoisotopic (exact) mass is 457 g/mol. The zero-order valence-electron chi connectivity index (χ0n) is 17.1. The molecule has 0 saturated heterocycles. The van der Waals surface area contributed by atoms with Crippen LogP contribution in [-0.2, 0) is 6.61 Å². The molecule has 3 aromatic rings. The quantitative estimate of drug-likeness (QED) is 0.356. The minimum absolute atomic E-state index is 0.316. The van der Waals surface area contributed by atoms with Crippen molar-refractivity contribution in [1.82, 2.24) is 0 Å². The molecule has 0 spiro atoms. The Hall–Kier alpha value is -2.89. The third kappa shape index (κ3) is 7.39. The van der Waals surface area contributed by atoms with E-state index in [4.69, 9.17) is 27.9 Å². The lowest BCUT2D eigenvalue weighted by atomic mass is 10.2. The number of alkyl halides is 2. The number of carbonyl (C=O) groups excluding carboxylic acids is 1. The van der Waals surface area contributed by atoms with Crippen molar-refractivity contribution in [2.75, 3.05) is 40.4 Å². The van der Waals surface area contributed by atoms with Crippen LogP contribution >= 0.6 is 23.2 Å². The first-order valence-electron chi connectivity index (χ1n) is 9.99. The van der Waals surface area contributed by atoms with Gasteiger partial charge in [-0.3, -0.25) is 0 Å². The number of benzene rings is 3. The van der Waals surface area contributed by atoms with E-state index in [1.165, 1.54) is 0 Å². The number of amides is 2. The number of halogens is 2. The fourth-order valence-electron chi connectivity index (χ4n) is 3.00. The van der Waals surface area contributed by atoms with Crippen LogP contribution in [0, 0.1) is 0 Å². The summed E-state index contributed by atoms with van der Waals surface area (Å²) in [6, 6.07) is 24.5.